The third kappa shape index (κ3) is 4.98. The molecule has 0 atom stereocenters. The van der Waals surface area contributed by atoms with Crippen LogP contribution in [0.15, 0.2) is 188 Å². The van der Waals surface area contributed by atoms with E-state index < -0.39 is 0 Å². The number of hydrogen-bond donors (Lipinski definition) is 0. The lowest BCUT2D eigenvalue weighted by atomic mass is 10.1. The van der Waals surface area contributed by atoms with Gasteiger partial charge in [-0.3, -0.25) is 0 Å². The number of aromatic nitrogens is 5. The molecule has 12 rings (SSSR count). The molecule has 0 saturated carbocycles. The fourth-order valence-corrected chi connectivity index (χ4v) is 9.75. The number of hydrogen-bond acceptors (Lipinski definition) is 4. The van der Waals surface area contributed by atoms with E-state index in [1.165, 1.54) is 58.3 Å². The molecule has 0 N–H and O–H groups in total. The molecular formula is C51H31N5S. The first-order valence-corrected chi connectivity index (χ1v) is 19.9. The maximum Gasteiger partial charge on any atom is 0.164 e. The molecule has 12 aromatic rings. The van der Waals surface area contributed by atoms with Gasteiger partial charge in [0.1, 0.15) is 0 Å². The van der Waals surface area contributed by atoms with Crippen LogP contribution in [0.25, 0.3) is 109 Å². The van der Waals surface area contributed by atoms with Gasteiger partial charge < -0.3 is 9.13 Å². The van der Waals surface area contributed by atoms with Gasteiger partial charge in [-0.05, 0) is 66.7 Å². The van der Waals surface area contributed by atoms with Gasteiger partial charge in [-0.2, -0.15) is 0 Å². The van der Waals surface area contributed by atoms with Crippen molar-refractivity contribution >= 4 is 75.1 Å². The van der Waals surface area contributed by atoms with Crippen LogP contribution in [-0.4, -0.2) is 24.1 Å². The van der Waals surface area contributed by atoms with Crippen LogP contribution < -0.4 is 0 Å². The van der Waals surface area contributed by atoms with Crippen LogP contribution in [0.3, 0.4) is 0 Å². The second-order valence-corrected chi connectivity index (χ2v) is 15.5. The summed E-state index contributed by atoms with van der Waals surface area (Å²) < 4.78 is 7.30. The highest BCUT2D eigenvalue weighted by Crippen LogP contribution is 2.42. The molecule has 0 radical (unpaired) electrons. The van der Waals surface area contributed by atoms with E-state index in [1.54, 1.807) is 11.3 Å². The minimum absolute atomic E-state index is 0.636. The van der Waals surface area contributed by atoms with Gasteiger partial charge in [-0.15, -0.1) is 11.3 Å². The van der Waals surface area contributed by atoms with Crippen molar-refractivity contribution in [1.29, 1.82) is 0 Å². The lowest BCUT2D eigenvalue weighted by molar-refractivity contribution is 1.07. The highest BCUT2D eigenvalue weighted by molar-refractivity contribution is 7.25. The molecule has 0 bridgehead atoms. The minimum atomic E-state index is 0.636. The first-order chi connectivity index (χ1) is 28.3. The largest absolute Gasteiger partial charge is 0.309 e. The van der Waals surface area contributed by atoms with Crippen molar-refractivity contribution in [1.82, 2.24) is 24.1 Å². The topological polar surface area (TPSA) is 48.5 Å². The Kier molecular flexibility index (Phi) is 7.03. The fraction of sp³-hybridized carbons (Fsp3) is 0. The van der Waals surface area contributed by atoms with Gasteiger partial charge in [-0.25, -0.2) is 15.0 Å². The smallest absolute Gasteiger partial charge is 0.164 e. The number of fused-ring (bicyclic) bond motifs is 10. The molecule has 0 unspecified atom stereocenters. The third-order valence-corrected chi connectivity index (χ3v) is 12.3. The standard InChI is InChI=1S/C51H31N5S/c1-3-13-32(14-4-1)49-52-50(54-51(53-49)34-25-28-39-38-18-9-12-22-45(38)57-46(39)31-34)33-23-26-36(27-24-33)56-42-20-10-7-17-37(42)40-29-30-44-47(48(40)56)41-19-8-11-21-43(41)55(44)35-15-5-2-6-16-35/h1-31H. The third-order valence-electron chi connectivity index (χ3n) is 11.2. The van der Waals surface area contributed by atoms with Crippen LogP contribution in [0.2, 0.25) is 0 Å². The molecule has 0 fully saturated rings. The van der Waals surface area contributed by atoms with Gasteiger partial charge in [0, 0.05) is 69.8 Å². The maximum absolute atomic E-state index is 5.13. The van der Waals surface area contributed by atoms with Gasteiger partial charge in [0.05, 0.1) is 22.1 Å². The maximum atomic E-state index is 5.13. The fourth-order valence-electron chi connectivity index (χ4n) is 8.61. The Balaban J connectivity index is 1.04. The van der Waals surface area contributed by atoms with Crippen molar-refractivity contribution < 1.29 is 0 Å². The minimum Gasteiger partial charge on any atom is -0.309 e. The average molecular weight is 746 g/mol. The summed E-state index contributed by atoms with van der Waals surface area (Å²) in [6.07, 6.45) is 0. The predicted octanol–water partition coefficient (Wildman–Crippen LogP) is 13.4. The van der Waals surface area contributed by atoms with Gasteiger partial charge >= 0.3 is 0 Å². The molecule has 57 heavy (non-hydrogen) atoms. The first kappa shape index (κ1) is 31.9. The summed E-state index contributed by atoms with van der Waals surface area (Å²) in [5.74, 6) is 1.94. The number of benzene rings is 8. The summed E-state index contributed by atoms with van der Waals surface area (Å²) >= 11 is 1.80. The van der Waals surface area contributed by atoms with Crippen LogP contribution in [0.5, 0.6) is 0 Å². The zero-order valence-corrected chi connectivity index (χ0v) is 31.4. The summed E-state index contributed by atoms with van der Waals surface area (Å²) in [7, 11) is 0. The first-order valence-electron chi connectivity index (χ1n) is 19.1. The second-order valence-electron chi connectivity index (χ2n) is 14.4. The quantitative estimate of drug-likeness (QED) is 0.176. The van der Waals surface area contributed by atoms with E-state index in [0.717, 1.165) is 33.6 Å². The molecule has 4 heterocycles. The Hall–Kier alpha value is -7.41. The summed E-state index contributed by atoms with van der Waals surface area (Å²) in [4.78, 5) is 15.2. The van der Waals surface area contributed by atoms with E-state index in [-0.39, 0.29) is 0 Å². The number of rotatable bonds is 5. The van der Waals surface area contributed by atoms with Crippen molar-refractivity contribution in [2.75, 3.05) is 0 Å². The number of para-hydroxylation sites is 3. The summed E-state index contributed by atoms with van der Waals surface area (Å²) in [6.45, 7) is 0. The Morgan fingerprint density at radius 2 is 0.860 bits per heavy atom. The monoisotopic (exact) mass is 745 g/mol. The van der Waals surface area contributed by atoms with Crippen molar-refractivity contribution in [2.24, 2.45) is 0 Å². The molecule has 5 nitrogen and oxygen atoms in total. The van der Waals surface area contributed by atoms with Gasteiger partial charge in [0.2, 0.25) is 0 Å². The molecule has 0 saturated heterocycles. The zero-order chi connectivity index (χ0) is 37.5. The van der Waals surface area contributed by atoms with Crippen molar-refractivity contribution in [3.8, 4) is 45.5 Å². The van der Waals surface area contributed by atoms with E-state index in [0.29, 0.717) is 17.5 Å². The van der Waals surface area contributed by atoms with E-state index in [4.69, 9.17) is 15.0 Å². The van der Waals surface area contributed by atoms with Crippen LogP contribution in [0.4, 0.5) is 0 Å². The molecule has 6 heteroatoms. The Labute approximate surface area is 331 Å². The highest BCUT2D eigenvalue weighted by Gasteiger charge is 2.21. The van der Waals surface area contributed by atoms with Crippen molar-refractivity contribution in [2.45, 2.75) is 0 Å². The van der Waals surface area contributed by atoms with Gasteiger partial charge in [0.15, 0.2) is 17.5 Å². The Bertz CT molecular complexity index is 3510. The van der Waals surface area contributed by atoms with Crippen molar-refractivity contribution in [3.05, 3.63) is 188 Å². The number of nitrogens with zero attached hydrogens (tertiary/aromatic N) is 5. The van der Waals surface area contributed by atoms with Crippen LogP contribution in [0, 0.1) is 0 Å². The summed E-state index contributed by atoms with van der Waals surface area (Å²) in [5.41, 5.74) is 9.77. The molecule has 0 spiro atoms. The highest BCUT2D eigenvalue weighted by atomic mass is 32.1. The number of thiophene rings is 1. The van der Waals surface area contributed by atoms with E-state index in [9.17, 15) is 0 Å². The SMILES string of the molecule is c1ccc(-c2nc(-c3ccc(-n4c5ccccc5c5ccc6c(c7ccccc7n6-c6ccccc6)c54)cc3)nc(-c3ccc4c(c3)sc3ccccc34)n2)cc1. The second kappa shape index (κ2) is 12.6. The van der Waals surface area contributed by atoms with Gasteiger partial charge in [-0.1, -0.05) is 121 Å². The lowest BCUT2D eigenvalue weighted by Gasteiger charge is -2.12. The predicted molar refractivity (Wildman–Crippen MR) is 238 cm³/mol. The molecule has 4 aromatic heterocycles. The Morgan fingerprint density at radius 1 is 0.333 bits per heavy atom. The van der Waals surface area contributed by atoms with Crippen LogP contribution >= 0.6 is 11.3 Å². The molecule has 0 aliphatic rings. The molecular weight excluding hydrogens is 715 g/mol. The average Bonchev–Trinajstić information content (AvgIpc) is 3.94. The van der Waals surface area contributed by atoms with Gasteiger partial charge in [0.25, 0.3) is 0 Å². The van der Waals surface area contributed by atoms with E-state index >= 15 is 0 Å². The summed E-state index contributed by atoms with van der Waals surface area (Å²) in [6, 6.07) is 66.7. The molecule has 266 valence electrons. The normalized spacial score (nSPS) is 11.9. The zero-order valence-electron chi connectivity index (χ0n) is 30.5. The van der Waals surface area contributed by atoms with E-state index in [2.05, 4.69) is 179 Å². The molecule has 8 aromatic carbocycles. The van der Waals surface area contributed by atoms with Crippen LogP contribution in [0.1, 0.15) is 0 Å². The summed E-state index contributed by atoms with van der Waals surface area (Å²) in [5, 5.41) is 7.43. The molecule has 0 aliphatic carbocycles. The Morgan fingerprint density at radius 3 is 1.61 bits per heavy atom. The molecule has 0 aliphatic heterocycles. The van der Waals surface area contributed by atoms with E-state index in [1.807, 2.05) is 18.2 Å². The molecule has 0 amide bonds. The lowest BCUT2D eigenvalue weighted by Crippen LogP contribution is -2.00. The van der Waals surface area contributed by atoms with Crippen molar-refractivity contribution in [3.63, 3.8) is 0 Å². The van der Waals surface area contributed by atoms with Crippen LogP contribution in [-0.2, 0) is 0 Å².